The topological polar surface area (TPSA) is 0 Å². The van der Waals surface area contributed by atoms with Crippen molar-refractivity contribution in [2.24, 2.45) is 0 Å². The van der Waals surface area contributed by atoms with Crippen LogP contribution in [0.15, 0.2) is 9.82 Å². The van der Waals surface area contributed by atoms with Crippen molar-refractivity contribution < 1.29 is 0 Å². The van der Waals surface area contributed by atoms with Gasteiger partial charge >= 0.3 is 61.5 Å². The third-order valence-electron chi connectivity index (χ3n) is 0.750. The van der Waals surface area contributed by atoms with Gasteiger partial charge in [-0.1, -0.05) is 0 Å². The first kappa shape index (κ1) is 8.83. The Kier molecular flexibility index (Phi) is 5.16. The van der Waals surface area contributed by atoms with Crippen LogP contribution in [0.4, 0.5) is 0 Å². The maximum absolute atomic E-state index is 2.48. The Bertz CT molecular complexity index is 64.6. The van der Waals surface area contributed by atoms with E-state index in [4.69, 9.17) is 0 Å². The molecule has 2 radical (unpaired) electrons. The second-order valence-corrected chi connectivity index (χ2v) is 12.9. The van der Waals surface area contributed by atoms with Gasteiger partial charge in [-0.05, 0) is 0 Å². The van der Waals surface area contributed by atoms with Crippen molar-refractivity contribution in [3.63, 3.8) is 0 Å². The zero-order valence-corrected chi connectivity index (χ0v) is 10.4. The molecule has 0 aliphatic rings. The standard InChI is InChI=1S/C6H14Ge2/c1-7(2)5-6-8(3)4/h5-6H,1-4H3/b6-5-. The molecule has 0 bridgehead atoms. The Hall–Kier alpha value is 0.826. The Balaban J connectivity index is 3.34. The molecule has 0 aromatic carbocycles. The van der Waals surface area contributed by atoms with Gasteiger partial charge in [0, 0.05) is 0 Å². The molecule has 0 aromatic rings. The molecule has 0 saturated heterocycles. The maximum atomic E-state index is 2.48. The molecular weight excluding hydrogens is 217 g/mol. The fourth-order valence-corrected chi connectivity index (χ4v) is 9.00. The van der Waals surface area contributed by atoms with E-state index in [1.165, 1.54) is 0 Å². The molecule has 0 spiro atoms. The van der Waals surface area contributed by atoms with Crippen LogP contribution in [0.25, 0.3) is 0 Å². The zero-order chi connectivity index (χ0) is 6.57. The van der Waals surface area contributed by atoms with Crippen molar-refractivity contribution in [2.45, 2.75) is 23.0 Å². The van der Waals surface area contributed by atoms with Gasteiger partial charge < -0.3 is 0 Å². The van der Waals surface area contributed by atoms with Crippen molar-refractivity contribution in [3.8, 4) is 0 Å². The second kappa shape index (κ2) is 4.68. The first-order valence-corrected chi connectivity index (χ1v) is 13.7. The first-order chi connectivity index (χ1) is 3.63. The Morgan fingerprint density at radius 1 is 0.750 bits per heavy atom. The third-order valence-corrected chi connectivity index (χ3v) is 5.71. The summed E-state index contributed by atoms with van der Waals surface area (Å²) in [4.78, 5) is 4.96. The quantitative estimate of drug-likeness (QED) is 0.639. The van der Waals surface area contributed by atoms with Crippen LogP contribution in [-0.4, -0.2) is 28.7 Å². The molecule has 0 aliphatic carbocycles. The van der Waals surface area contributed by atoms with E-state index in [1.54, 1.807) is 0 Å². The van der Waals surface area contributed by atoms with E-state index in [0.29, 0.717) is 0 Å². The van der Waals surface area contributed by atoms with E-state index in [2.05, 4.69) is 32.8 Å². The van der Waals surface area contributed by atoms with Gasteiger partial charge in [-0.2, -0.15) is 0 Å². The first-order valence-electron chi connectivity index (χ1n) is 2.91. The van der Waals surface area contributed by atoms with E-state index >= 15 is 0 Å². The van der Waals surface area contributed by atoms with Gasteiger partial charge in [0.1, 0.15) is 0 Å². The minimum absolute atomic E-state index is 0.588. The molecule has 0 amide bonds. The van der Waals surface area contributed by atoms with E-state index in [-0.39, 0.29) is 0 Å². The van der Waals surface area contributed by atoms with Gasteiger partial charge in [-0.3, -0.25) is 0 Å². The van der Waals surface area contributed by atoms with Crippen LogP contribution in [0.2, 0.25) is 23.0 Å². The monoisotopic (exact) mass is 234 g/mol. The predicted molar refractivity (Wildman–Crippen MR) is 44.1 cm³/mol. The van der Waals surface area contributed by atoms with Gasteiger partial charge in [0.25, 0.3) is 0 Å². The Morgan fingerprint density at radius 3 is 1.12 bits per heavy atom. The average molecular weight is 231 g/mol. The number of hydrogen-bond donors (Lipinski definition) is 0. The fraction of sp³-hybridized carbons (Fsp3) is 0.667. The molecule has 8 heavy (non-hydrogen) atoms. The molecule has 0 aliphatic heterocycles. The van der Waals surface area contributed by atoms with Gasteiger partial charge in [0.15, 0.2) is 0 Å². The van der Waals surface area contributed by atoms with E-state index in [0.717, 1.165) is 0 Å². The third kappa shape index (κ3) is 6.83. The summed E-state index contributed by atoms with van der Waals surface area (Å²) < 4.78 is 0. The normalized spacial score (nSPS) is 12.2. The van der Waals surface area contributed by atoms with E-state index < -0.39 is 28.7 Å². The summed E-state index contributed by atoms with van der Waals surface area (Å²) in [6, 6.07) is 0. The molecule has 0 heterocycles. The van der Waals surface area contributed by atoms with Crippen molar-refractivity contribution in [3.05, 3.63) is 9.82 Å². The summed E-state index contributed by atoms with van der Waals surface area (Å²) >= 11 is -1.18. The average Bonchev–Trinajstić information content (AvgIpc) is 1.61. The summed E-state index contributed by atoms with van der Waals surface area (Å²) in [6.07, 6.45) is 0. The van der Waals surface area contributed by atoms with Crippen LogP contribution in [0, 0.1) is 0 Å². The molecule has 0 unspecified atom stereocenters. The summed E-state index contributed by atoms with van der Waals surface area (Å²) in [7, 11) is 0. The van der Waals surface area contributed by atoms with Crippen LogP contribution < -0.4 is 0 Å². The summed E-state index contributed by atoms with van der Waals surface area (Å²) in [6.45, 7) is 0. The van der Waals surface area contributed by atoms with Gasteiger partial charge in [-0.15, -0.1) is 0 Å². The number of hydrogen-bond acceptors (Lipinski definition) is 0. The minimum atomic E-state index is -0.588. The molecule has 0 fully saturated rings. The SMILES string of the molecule is [CH3][Ge]([CH3])/[CH]=[CH]\[Ge]([CH3])[CH3]. The van der Waals surface area contributed by atoms with E-state index in [9.17, 15) is 0 Å². The van der Waals surface area contributed by atoms with Crippen molar-refractivity contribution in [1.82, 2.24) is 0 Å². The second-order valence-electron chi connectivity index (χ2n) is 2.49. The molecular formula is C6H14Ge2. The Labute approximate surface area is 61.6 Å². The van der Waals surface area contributed by atoms with Crippen LogP contribution in [0.1, 0.15) is 0 Å². The summed E-state index contributed by atoms with van der Waals surface area (Å²) in [5, 5.41) is 0. The summed E-state index contributed by atoms with van der Waals surface area (Å²) in [5.41, 5.74) is 0. The number of rotatable bonds is 2. The van der Waals surface area contributed by atoms with Crippen LogP contribution in [0.5, 0.6) is 0 Å². The van der Waals surface area contributed by atoms with Gasteiger partial charge in [0.05, 0.1) is 0 Å². The molecule has 0 nitrogen and oxygen atoms in total. The molecule has 0 N–H and O–H groups in total. The van der Waals surface area contributed by atoms with Gasteiger partial charge in [-0.25, -0.2) is 0 Å². The van der Waals surface area contributed by atoms with Crippen LogP contribution in [-0.2, 0) is 0 Å². The molecule has 46 valence electrons. The fourth-order valence-electron chi connectivity index (χ4n) is 0.333. The zero-order valence-electron chi connectivity index (χ0n) is 6.15. The van der Waals surface area contributed by atoms with E-state index in [1.807, 2.05) is 0 Å². The predicted octanol–water partition coefficient (Wildman–Crippen LogP) is 2.13. The summed E-state index contributed by atoms with van der Waals surface area (Å²) in [5.74, 6) is 9.55. The molecule has 2 heteroatoms. The van der Waals surface area contributed by atoms with Gasteiger partial charge in [0.2, 0.25) is 0 Å². The molecule has 0 atom stereocenters. The molecule has 0 aromatic heterocycles. The molecule has 0 saturated carbocycles. The van der Waals surface area contributed by atoms with Crippen molar-refractivity contribution in [2.75, 3.05) is 0 Å². The van der Waals surface area contributed by atoms with Crippen molar-refractivity contribution >= 4 is 28.7 Å². The van der Waals surface area contributed by atoms with Crippen molar-refractivity contribution in [1.29, 1.82) is 0 Å². The Morgan fingerprint density at radius 2 is 1.00 bits per heavy atom. The molecule has 0 rings (SSSR count). The van der Waals surface area contributed by atoms with Crippen LogP contribution >= 0.6 is 0 Å². The van der Waals surface area contributed by atoms with Crippen LogP contribution in [0.3, 0.4) is 0 Å².